The molecule has 0 bridgehead atoms. The second-order valence-electron chi connectivity index (χ2n) is 5.00. The molecule has 0 aliphatic rings. The average molecular weight is 418 g/mol. The normalized spacial score (nSPS) is 10.6. The summed E-state index contributed by atoms with van der Waals surface area (Å²) in [5.74, 6) is 0. The molecule has 4 heteroatoms. The predicted molar refractivity (Wildman–Crippen MR) is 102 cm³/mol. The SMILES string of the molecule is Nc1c(-c2ccc(Br)cc2)ccc(-c2ccc(Br)cc2)c1N. The summed E-state index contributed by atoms with van der Waals surface area (Å²) in [5, 5.41) is 0. The highest BCUT2D eigenvalue weighted by molar-refractivity contribution is 9.10. The van der Waals surface area contributed by atoms with E-state index in [4.69, 9.17) is 11.5 Å². The molecule has 0 spiro atoms. The van der Waals surface area contributed by atoms with E-state index in [1.165, 1.54) is 0 Å². The number of nitrogens with two attached hydrogens (primary N) is 2. The van der Waals surface area contributed by atoms with Crippen LogP contribution in [0.5, 0.6) is 0 Å². The maximum absolute atomic E-state index is 6.27. The molecular weight excluding hydrogens is 404 g/mol. The summed E-state index contributed by atoms with van der Waals surface area (Å²) in [7, 11) is 0. The fraction of sp³-hybridized carbons (Fsp3) is 0. The van der Waals surface area contributed by atoms with Crippen molar-refractivity contribution in [2.24, 2.45) is 0 Å². The molecule has 0 amide bonds. The second-order valence-corrected chi connectivity index (χ2v) is 6.83. The van der Waals surface area contributed by atoms with Crippen molar-refractivity contribution >= 4 is 43.2 Å². The molecule has 3 rings (SSSR count). The van der Waals surface area contributed by atoms with Crippen molar-refractivity contribution in [1.82, 2.24) is 0 Å². The van der Waals surface area contributed by atoms with Crippen LogP contribution >= 0.6 is 31.9 Å². The Morgan fingerprint density at radius 2 is 0.818 bits per heavy atom. The number of rotatable bonds is 2. The van der Waals surface area contributed by atoms with E-state index >= 15 is 0 Å². The zero-order valence-corrected chi connectivity index (χ0v) is 14.9. The first-order chi connectivity index (χ1) is 10.6. The first-order valence-electron chi connectivity index (χ1n) is 6.76. The van der Waals surface area contributed by atoms with Crippen LogP contribution < -0.4 is 11.5 Å². The van der Waals surface area contributed by atoms with Crippen molar-refractivity contribution in [3.05, 3.63) is 69.6 Å². The van der Waals surface area contributed by atoms with Gasteiger partial charge in [0.2, 0.25) is 0 Å². The molecule has 2 nitrogen and oxygen atoms in total. The number of hydrogen-bond acceptors (Lipinski definition) is 2. The Balaban J connectivity index is 2.08. The zero-order chi connectivity index (χ0) is 15.7. The van der Waals surface area contributed by atoms with Gasteiger partial charge in [0, 0.05) is 20.1 Å². The first-order valence-corrected chi connectivity index (χ1v) is 8.34. The fourth-order valence-corrected chi connectivity index (χ4v) is 2.93. The summed E-state index contributed by atoms with van der Waals surface area (Å²) in [6, 6.07) is 20.1. The molecule has 0 heterocycles. The third-order valence-corrected chi connectivity index (χ3v) is 4.65. The highest BCUT2D eigenvalue weighted by Crippen LogP contribution is 2.37. The van der Waals surface area contributed by atoms with Gasteiger partial charge in [-0.3, -0.25) is 0 Å². The van der Waals surface area contributed by atoms with E-state index in [-0.39, 0.29) is 0 Å². The van der Waals surface area contributed by atoms with E-state index < -0.39 is 0 Å². The third kappa shape index (κ3) is 2.89. The molecule has 0 unspecified atom stereocenters. The fourth-order valence-electron chi connectivity index (χ4n) is 2.40. The quantitative estimate of drug-likeness (QED) is 0.524. The van der Waals surface area contributed by atoms with Gasteiger partial charge in [0.25, 0.3) is 0 Å². The lowest BCUT2D eigenvalue weighted by molar-refractivity contribution is 1.56. The van der Waals surface area contributed by atoms with E-state index in [2.05, 4.69) is 31.9 Å². The summed E-state index contributed by atoms with van der Waals surface area (Å²) in [6.07, 6.45) is 0. The average Bonchev–Trinajstić information content (AvgIpc) is 2.52. The van der Waals surface area contributed by atoms with Crippen LogP contribution in [0.15, 0.2) is 69.6 Å². The maximum Gasteiger partial charge on any atom is 0.0633 e. The Hall–Kier alpha value is -1.78. The molecule has 0 saturated heterocycles. The number of hydrogen-bond donors (Lipinski definition) is 2. The molecule has 4 N–H and O–H groups in total. The largest absolute Gasteiger partial charge is 0.397 e. The summed E-state index contributed by atoms with van der Waals surface area (Å²) in [5.41, 5.74) is 17.8. The lowest BCUT2D eigenvalue weighted by Crippen LogP contribution is -2.00. The molecule has 0 fully saturated rings. The zero-order valence-electron chi connectivity index (χ0n) is 11.7. The van der Waals surface area contributed by atoms with Crippen LogP contribution in [0.1, 0.15) is 0 Å². The van der Waals surface area contributed by atoms with Gasteiger partial charge in [0.1, 0.15) is 0 Å². The van der Waals surface area contributed by atoms with Crippen molar-refractivity contribution in [2.45, 2.75) is 0 Å². The van der Waals surface area contributed by atoms with Crippen molar-refractivity contribution in [2.75, 3.05) is 11.5 Å². The molecule has 3 aromatic rings. The third-order valence-electron chi connectivity index (χ3n) is 3.60. The van der Waals surface area contributed by atoms with Crippen LogP contribution in [0.2, 0.25) is 0 Å². The van der Waals surface area contributed by atoms with Gasteiger partial charge in [-0.2, -0.15) is 0 Å². The number of anilines is 2. The highest BCUT2D eigenvalue weighted by atomic mass is 79.9. The smallest absolute Gasteiger partial charge is 0.0633 e. The van der Waals surface area contributed by atoms with Crippen molar-refractivity contribution < 1.29 is 0 Å². The number of halogens is 2. The van der Waals surface area contributed by atoms with Crippen LogP contribution in [0.4, 0.5) is 11.4 Å². The Labute approximate surface area is 146 Å². The van der Waals surface area contributed by atoms with Gasteiger partial charge in [-0.05, 0) is 35.4 Å². The van der Waals surface area contributed by atoms with Crippen LogP contribution in [0.3, 0.4) is 0 Å². The van der Waals surface area contributed by atoms with Gasteiger partial charge in [-0.1, -0.05) is 68.3 Å². The van der Waals surface area contributed by atoms with Crippen molar-refractivity contribution in [3.8, 4) is 22.3 Å². The lowest BCUT2D eigenvalue weighted by atomic mass is 9.96. The summed E-state index contributed by atoms with van der Waals surface area (Å²) in [6.45, 7) is 0. The molecule has 0 atom stereocenters. The minimum atomic E-state index is 0.614. The van der Waals surface area contributed by atoms with Gasteiger partial charge in [-0.25, -0.2) is 0 Å². The van der Waals surface area contributed by atoms with E-state index in [1.807, 2.05) is 60.7 Å². The van der Waals surface area contributed by atoms with Gasteiger partial charge in [0.15, 0.2) is 0 Å². The van der Waals surface area contributed by atoms with Gasteiger partial charge in [-0.15, -0.1) is 0 Å². The minimum absolute atomic E-state index is 0.614. The molecule has 110 valence electrons. The Morgan fingerprint density at radius 1 is 0.500 bits per heavy atom. The monoisotopic (exact) mass is 416 g/mol. The summed E-state index contributed by atoms with van der Waals surface area (Å²) < 4.78 is 2.07. The number of benzene rings is 3. The summed E-state index contributed by atoms with van der Waals surface area (Å²) in [4.78, 5) is 0. The second kappa shape index (κ2) is 6.15. The molecular formula is C18H14Br2N2. The summed E-state index contributed by atoms with van der Waals surface area (Å²) >= 11 is 6.88. The van der Waals surface area contributed by atoms with Crippen LogP contribution in [0.25, 0.3) is 22.3 Å². The minimum Gasteiger partial charge on any atom is -0.397 e. The molecule has 0 radical (unpaired) electrons. The molecule has 0 aliphatic heterocycles. The van der Waals surface area contributed by atoms with E-state index in [9.17, 15) is 0 Å². The predicted octanol–water partition coefficient (Wildman–Crippen LogP) is 5.71. The first kappa shape index (κ1) is 15.1. The topological polar surface area (TPSA) is 52.0 Å². The Bertz CT molecular complexity index is 739. The van der Waals surface area contributed by atoms with Gasteiger partial charge in [0.05, 0.1) is 11.4 Å². The molecule has 0 aliphatic carbocycles. The Morgan fingerprint density at radius 3 is 1.14 bits per heavy atom. The highest BCUT2D eigenvalue weighted by Gasteiger charge is 2.11. The molecule has 0 saturated carbocycles. The van der Waals surface area contributed by atoms with Gasteiger partial charge < -0.3 is 11.5 Å². The van der Waals surface area contributed by atoms with Crippen molar-refractivity contribution in [1.29, 1.82) is 0 Å². The number of nitrogen functional groups attached to an aromatic ring is 2. The maximum atomic E-state index is 6.27. The van der Waals surface area contributed by atoms with Crippen LogP contribution in [0, 0.1) is 0 Å². The molecule has 3 aromatic carbocycles. The molecule has 22 heavy (non-hydrogen) atoms. The molecule has 0 aromatic heterocycles. The van der Waals surface area contributed by atoms with E-state index in [1.54, 1.807) is 0 Å². The Kier molecular flexibility index (Phi) is 4.23. The van der Waals surface area contributed by atoms with Crippen LogP contribution in [-0.2, 0) is 0 Å². The van der Waals surface area contributed by atoms with Crippen LogP contribution in [-0.4, -0.2) is 0 Å². The van der Waals surface area contributed by atoms with Crippen molar-refractivity contribution in [3.63, 3.8) is 0 Å². The van der Waals surface area contributed by atoms with E-state index in [0.717, 1.165) is 31.2 Å². The van der Waals surface area contributed by atoms with E-state index in [0.29, 0.717) is 11.4 Å². The lowest BCUT2D eigenvalue weighted by Gasteiger charge is -2.13. The standard InChI is InChI=1S/C18H14Br2N2/c19-13-5-1-11(2-6-13)15-9-10-16(18(22)17(15)21)12-3-7-14(20)8-4-12/h1-10H,21-22H2. The van der Waals surface area contributed by atoms with Gasteiger partial charge >= 0.3 is 0 Å².